The molecule has 1 heterocycles. The minimum absolute atomic E-state index is 0.0991. The number of hydrogen-bond acceptors (Lipinski definition) is 3. The van der Waals surface area contributed by atoms with Gasteiger partial charge in [-0.1, -0.05) is 30.3 Å². The number of aliphatic carboxylic acids is 1. The number of carbonyl (C=O) groups is 3. The Balaban J connectivity index is 2.13. The summed E-state index contributed by atoms with van der Waals surface area (Å²) in [6, 6.07) is 8.08. The van der Waals surface area contributed by atoms with E-state index in [2.05, 4.69) is 0 Å². The van der Waals surface area contributed by atoms with Crippen LogP contribution >= 0.6 is 0 Å². The van der Waals surface area contributed by atoms with Crippen LogP contribution in [-0.2, 0) is 14.4 Å². The van der Waals surface area contributed by atoms with Crippen LogP contribution in [0.4, 0.5) is 0 Å². The van der Waals surface area contributed by atoms with E-state index in [1.807, 2.05) is 30.3 Å². The lowest BCUT2D eigenvalue weighted by Crippen LogP contribution is -2.42. The normalized spacial score (nSPS) is 19.1. The van der Waals surface area contributed by atoms with E-state index < -0.39 is 23.8 Å². The Morgan fingerprint density at radius 3 is 2.58 bits per heavy atom. The standard InChI is InChI=1S/C14H13NO4/c16-12(8-6-10-4-2-1-3-5-10)15-11(14(18)19)7-9-13(15)17/h1-6,8,11H,7,9H2,(H,18,19)/b8-6+. The van der Waals surface area contributed by atoms with Crippen molar-refractivity contribution in [2.24, 2.45) is 0 Å². The monoisotopic (exact) mass is 259 g/mol. The predicted octanol–water partition coefficient (Wildman–Crippen LogP) is 1.30. The van der Waals surface area contributed by atoms with E-state index in [9.17, 15) is 14.4 Å². The van der Waals surface area contributed by atoms with Crippen LogP contribution in [0.5, 0.6) is 0 Å². The Bertz CT molecular complexity index is 536. The molecule has 1 atom stereocenters. The highest BCUT2D eigenvalue weighted by atomic mass is 16.4. The smallest absolute Gasteiger partial charge is 0.326 e. The van der Waals surface area contributed by atoms with Gasteiger partial charge in [0.2, 0.25) is 5.91 Å². The zero-order valence-electron chi connectivity index (χ0n) is 10.2. The number of carboxylic acids is 1. The SMILES string of the molecule is O=C(O)C1CCC(=O)N1C(=O)/C=C/c1ccccc1. The topological polar surface area (TPSA) is 74.7 Å². The largest absolute Gasteiger partial charge is 0.480 e. The molecule has 0 saturated carbocycles. The Labute approximate surface area is 110 Å². The summed E-state index contributed by atoms with van der Waals surface area (Å²) in [4.78, 5) is 35.2. The number of benzene rings is 1. The van der Waals surface area contributed by atoms with Crippen molar-refractivity contribution < 1.29 is 19.5 Å². The van der Waals surface area contributed by atoms with Crippen LogP contribution in [-0.4, -0.2) is 33.8 Å². The Morgan fingerprint density at radius 2 is 1.95 bits per heavy atom. The van der Waals surface area contributed by atoms with E-state index in [1.54, 1.807) is 6.08 Å². The van der Waals surface area contributed by atoms with E-state index in [4.69, 9.17) is 5.11 Å². The lowest BCUT2D eigenvalue weighted by molar-refractivity contribution is -0.152. The first-order valence-corrected chi connectivity index (χ1v) is 5.91. The second-order valence-electron chi connectivity index (χ2n) is 4.24. The number of rotatable bonds is 3. The van der Waals surface area contributed by atoms with Crippen LogP contribution in [0.2, 0.25) is 0 Å². The number of carbonyl (C=O) groups excluding carboxylic acids is 2. The first-order valence-electron chi connectivity index (χ1n) is 5.91. The fraction of sp³-hybridized carbons (Fsp3) is 0.214. The molecule has 1 aliphatic heterocycles. The summed E-state index contributed by atoms with van der Waals surface area (Å²) in [5.41, 5.74) is 0.814. The van der Waals surface area contributed by atoms with Crippen molar-refractivity contribution in [2.75, 3.05) is 0 Å². The van der Waals surface area contributed by atoms with Gasteiger partial charge < -0.3 is 5.11 Å². The summed E-state index contributed by atoms with van der Waals surface area (Å²) in [5, 5.41) is 8.97. The molecule has 0 bridgehead atoms. The van der Waals surface area contributed by atoms with Gasteiger partial charge in [-0.3, -0.25) is 14.5 Å². The molecular weight excluding hydrogens is 246 g/mol. The fourth-order valence-corrected chi connectivity index (χ4v) is 2.01. The minimum Gasteiger partial charge on any atom is -0.480 e. The van der Waals surface area contributed by atoms with Gasteiger partial charge in [-0.05, 0) is 18.1 Å². The second kappa shape index (κ2) is 5.48. The third-order valence-corrected chi connectivity index (χ3v) is 2.95. The van der Waals surface area contributed by atoms with E-state index in [0.717, 1.165) is 10.5 Å². The van der Waals surface area contributed by atoms with Crippen molar-refractivity contribution in [1.29, 1.82) is 0 Å². The number of imide groups is 1. The van der Waals surface area contributed by atoms with Crippen LogP contribution in [0.1, 0.15) is 18.4 Å². The molecule has 1 unspecified atom stereocenters. The van der Waals surface area contributed by atoms with Crippen molar-refractivity contribution in [3.8, 4) is 0 Å². The Morgan fingerprint density at radius 1 is 1.26 bits per heavy atom. The van der Waals surface area contributed by atoms with Crippen LogP contribution in [0.3, 0.4) is 0 Å². The summed E-state index contributed by atoms with van der Waals surface area (Å²) < 4.78 is 0. The van der Waals surface area contributed by atoms with Gasteiger partial charge >= 0.3 is 5.97 Å². The maximum atomic E-state index is 11.9. The molecule has 1 fully saturated rings. The molecule has 98 valence electrons. The lowest BCUT2D eigenvalue weighted by atomic mass is 10.2. The van der Waals surface area contributed by atoms with Gasteiger partial charge in [0.1, 0.15) is 6.04 Å². The van der Waals surface area contributed by atoms with Gasteiger partial charge in [-0.15, -0.1) is 0 Å². The molecular formula is C14H13NO4. The zero-order chi connectivity index (χ0) is 13.8. The molecule has 1 aromatic carbocycles. The van der Waals surface area contributed by atoms with Crippen LogP contribution < -0.4 is 0 Å². The number of nitrogens with zero attached hydrogens (tertiary/aromatic N) is 1. The van der Waals surface area contributed by atoms with Crippen LogP contribution in [0, 0.1) is 0 Å². The van der Waals surface area contributed by atoms with Gasteiger partial charge in [0.05, 0.1) is 0 Å². The molecule has 5 nitrogen and oxygen atoms in total. The summed E-state index contributed by atoms with van der Waals surface area (Å²) >= 11 is 0. The average Bonchev–Trinajstić information content (AvgIpc) is 2.79. The molecule has 19 heavy (non-hydrogen) atoms. The van der Waals surface area contributed by atoms with Gasteiger partial charge in [-0.2, -0.15) is 0 Å². The summed E-state index contributed by atoms with van der Waals surface area (Å²) in [6.45, 7) is 0. The molecule has 0 aliphatic carbocycles. The van der Waals surface area contributed by atoms with E-state index >= 15 is 0 Å². The summed E-state index contributed by atoms with van der Waals surface area (Å²) in [6.07, 6.45) is 3.07. The molecule has 1 aromatic rings. The zero-order valence-corrected chi connectivity index (χ0v) is 10.2. The summed E-state index contributed by atoms with van der Waals surface area (Å²) in [7, 11) is 0. The second-order valence-corrected chi connectivity index (χ2v) is 4.24. The van der Waals surface area contributed by atoms with Crippen molar-refractivity contribution in [2.45, 2.75) is 18.9 Å². The Hall–Kier alpha value is -2.43. The molecule has 0 radical (unpaired) electrons. The highest BCUT2D eigenvalue weighted by Gasteiger charge is 2.39. The van der Waals surface area contributed by atoms with Crippen LogP contribution in [0.25, 0.3) is 6.08 Å². The molecule has 2 amide bonds. The molecule has 1 saturated heterocycles. The molecule has 1 aliphatic rings. The van der Waals surface area contributed by atoms with E-state index in [1.165, 1.54) is 6.08 Å². The quantitative estimate of drug-likeness (QED) is 0.830. The number of amides is 2. The molecule has 1 N–H and O–H groups in total. The minimum atomic E-state index is -1.15. The maximum Gasteiger partial charge on any atom is 0.326 e. The van der Waals surface area contributed by atoms with Crippen molar-refractivity contribution in [3.05, 3.63) is 42.0 Å². The van der Waals surface area contributed by atoms with Crippen molar-refractivity contribution in [3.63, 3.8) is 0 Å². The van der Waals surface area contributed by atoms with E-state index in [-0.39, 0.29) is 12.8 Å². The third kappa shape index (κ3) is 2.88. The third-order valence-electron chi connectivity index (χ3n) is 2.95. The van der Waals surface area contributed by atoms with Crippen LogP contribution in [0.15, 0.2) is 36.4 Å². The van der Waals surface area contributed by atoms with Gasteiger partial charge in [-0.25, -0.2) is 4.79 Å². The lowest BCUT2D eigenvalue weighted by Gasteiger charge is -2.17. The number of hydrogen-bond donors (Lipinski definition) is 1. The molecule has 2 rings (SSSR count). The highest BCUT2D eigenvalue weighted by Crippen LogP contribution is 2.19. The molecule has 0 spiro atoms. The summed E-state index contributed by atoms with van der Waals surface area (Å²) in [5.74, 6) is -2.17. The van der Waals surface area contributed by atoms with Crippen molar-refractivity contribution >= 4 is 23.9 Å². The Kier molecular flexibility index (Phi) is 3.75. The number of carboxylic acid groups (broad SMARTS) is 1. The molecule has 5 heteroatoms. The fourth-order valence-electron chi connectivity index (χ4n) is 2.01. The average molecular weight is 259 g/mol. The van der Waals surface area contributed by atoms with Gasteiger partial charge in [0, 0.05) is 12.5 Å². The van der Waals surface area contributed by atoms with Gasteiger partial charge in [0.25, 0.3) is 5.91 Å². The highest BCUT2D eigenvalue weighted by molar-refractivity contribution is 6.07. The predicted molar refractivity (Wildman–Crippen MR) is 68.0 cm³/mol. The first-order chi connectivity index (χ1) is 9.09. The maximum absolute atomic E-state index is 11.9. The van der Waals surface area contributed by atoms with E-state index in [0.29, 0.717) is 0 Å². The first kappa shape index (κ1) is 13.0. The number of likely N-dealkylation sites (tertiary alicyclic amines) is 1. The van der Waals surface area contributed by atoms with Gasteiger partial charge in [0.15, 0.2) is 0 Å². The van der Waals surface area contributed by atoms with Crippen molar-refractivity contribution in [1.82, 2.24) is 4.90 Å². The molecule has 0 aromatic heterocycles.